The number of methoxy groups -OCH3 is 1. The highest BCUT2D eigenvalue weighted by molar-refractivity contribution is 9.10. The van der Waals surface area contributed by atoms with E-state index in [-0.39, 0.29) is 0 Å². The van der Waals surface area contributed by atoms with E-state index in [1.54, 1.807) is 25.8 Å². The minimum atomic E-state index is 0.783. The molecular formula is C17H15BrN4O. The van der Waals surface area contributed by atoms with Crippen LogP contribution in [0.2, 0.25) is 0 Å². The summed E-state index contributed by atoms with van der Waals surface area (Å²) in [6.07, 6.45) is 7.17. The van der Waals surface area contributed by atoms with Crippen molar-refractivity contribution in [3.8, 4) is 11.4 Å². The Kier molecular flexibility index (Phi) is 4.73. The Morgan fingerprint density at radius 3 is 2.74 bits per heavy atom. The number of ether oxygens (including phenoxy) is 1. The van der Waals surface area contributed by atoms with E-state index in [0.717, 1.165) is 27.2 Å². The average Bonchev–Trinajstić information content (AvgIpc) is 3.09. The van der Waals surface area contributed by atoms with Gasteiger partial charge in [0.25, 0.3) is 0 Å². The number of hydrogen-bond acceptors (Lipinski definition) is 4. The van der Waals surface area contributed by atoms with Crippen molar-refractivity contribution >= 4 is 27.8 Å². The van der Waals surface area contributed by atoms with Crippen LogP contribution in [0.1, 0.15) is 5.56 Å². The Hall–Kier alpha value is -2.60. The molecule has 0 aliphatic rings. The molecule has 5 nitrogen and oxygen atoms in total. The maximum Gasteiger partial charge on any atom is 0.120 e. The van der Waals surface area contributed by atoms with E-state index in [0.29, 0.717) is 0 Å². The Labute approximate surface area is 142 Å². The number of rotatable bonds is 5. The summed E-state index contributed by atoms with van der Waals surface area (Å²) in [6, 6.07) is 13.7. The smallest absolute Gasteiger partial charge is 0.120 e. The highest BCUT2D eigenvalue weighted by Gasteiger charge is 1.98. The van der Waals surface area contributed by atoms with Gasteiger partial charge in [0.05, 0.1) is 25.3 Å². The number of halogens is 1. The lowest BCUT2D eigenvalue weighted by Crippen LogP contribution is -1.93. The molecule has 1 N–H and O–H groups in total. The lowest BCUT2D eigenvalue weighted by Gasteiger charge is -2.05. The van der Waals surface area contributed by atoms with Gasteiger partial charge in [0.15, 0.2) is 0 Å². The molecule has 116 valence electrons. The van der Waals surface area contributed by atoms with Gasteiger partial charge in [-0.1, -0.05) is 15.9 Å². The molecule has 0 radical (unpaired) electrons. The maximum absolute atomic E-state index is 5.23. The second-order valence-corrected chi connectivity index (χ2v) is 5.73. The third kappa shape index (κ3) is 3.98. The van der Waals surface area contributed by atoms with Crippen LogP contribution < -0.4 is 10.2 Å². The SMILES string of the molecule is COc1cc(Br)cc(/C=N/Nc2ccc(-n3ccnc3)cc2)c1. The minimum absolute atomic E-state index is 0.783. The van der Waals surface area contributed by atoms with Gasteiger partial charge in [-0.25, -0.2) is 4.98 Å². The van der Waals surface area contributed by atoms with E-state index in [1.165, 1.54) is 0 Å². The molecule has 1 aromatic heterocycles. The maximum atomic E-state index is 5.23. The van der Waals surface area contributed by atoms with Crippen molar-refractivity contribution < 1.29 is 4.74 Å². The molecular weight excluding hydrogens is 356 g/mol. The molecule has 0 amide bonds. The van der Waals surface area contributed by atoms with E-state index in [4.69, 9.17) is 4.74 Å². The number of imidazole rings is 1. The fraction of sp³-hybridized carbons (Fsp3) is 0.0588. The van der Waals surface area contributed by atoms with Gasteiger partial charge in [0.2, 0.25) is 0 Å². The van der Waals surface area contributed by atoms with Crippen LogP contribution in [0.4, 0.5) is 5.69 Å². The number of nitrogens with zero attached hydrogens (tertiary/aromatic N) is 3. The minimum Gasteiger partial charge on any atom is -0.497 e. The molecule has 0 bridgehead atoms. The molecule has 0 fully saturated rings. The standard InChI is InChI=1S/C17H15BrN4O/c1-23-17-9-13(8-14(18)10-17)11-20-21-15-2-4-16(5-3-15)22-7-6-19-12-22/h2-12,21H,1H3/b20-11+. The van der Waals surface area contributed by atoms with Gasteiger partial charge in [-0.3, -0.25) is 5.43 Å². The van der Waals surface area contributed by atoms with Crippen molar-refractivity contribution in [3.05, 3.63) is 71.2 Å². The average molecular weight is 371 g/mol. The topological polar surface area (TPSA) is 51.4 Å². The fourth-order valence-corrected chi connectivity index (χ4v) is 2.57. The quantitative estimate of drug-likeness (QED) is 0.543. The highest BCUT2D eigenvalue weighted by atomic mass is 79.9. The monoisotopic (exact) mass is 370 g/mol. The summed E-state index contributed by atoms with van der Waals surface area (Å²) in [6.45, 7) is 0. The molecule has 6 heteroatoms. The first-order valence-corrected chi connectivity index (χ1v) is 7.76. The van der Waals surface area contributed by atoms with Crippen LogP contribution in [0.5, 0.6) is 5.75 Å². The first-order chi connectivity index (χ1) is 11.2. The zero-order valence-electron chi connectivity index (χ0n) is 12.5. The highest BCUT2D eigenvalue weighted by Crippen LogP contribution is 2.20. The number of hydrazone groups is 1. The van der Waals surface area contributed by atoms with Crippen LogP contribution in [0, 0.1) is 0 Å². The molecule has 23 heavy (non-hydrogen) atoms. The molecule has 0 aliphatic carbocycles. The molecule has 0 spiro atoms. The van der Waals surface area contributed by atoms with Crippen molar-refractivity contribution in [1.29, 1.82) is 0 Å². The van der Waals surface area contributed by atoms with Gasteiger partial charge in [0.1, 0.15) is 5.75 Å². The zero-order valence-corrected chi connectivity index (χ0v) is 14.1. The van der Waals surface area contributed by atoms with Crippen molar-refractivity contribution in [1.82, 2.24) is 9.55 Å². The summed E-state index contributed by atoms with van der Waals surface area (Å²) in [5, 5.41) is 4.25. The van der Waals surface area contributed by atoms with Crippen molar-refractivity contribution in [2.75, 3.05) is 12.5 Å². The van der Waals surface area contributed by atoms with Crippen LogP contribution in [-0.4, -0.2) is 22.9 Å². The van der Waals surface area contributed by atoms with Crippen LogP contribution in [0.3, 0.4) is 0 Å². The number of benzene rings is 2. The van der Waals surface area contributed by atoms with Gasteiger partial charge in [-0.15, -0.1) is 0 Å². The third-order valence-electron chi connectivity index (χ3n) is 3.21. The first-order valence-electron chi connectivity index (χ1n) is 6.96. The summed E-state index contributed by atoms with van der Waals surface area (Å²) >= 11 is 3.45. The predicted octanol–water partition coefficient (Wildman–Crippen LogP) is 4.09. The van der Waals surface area contributed by atoms with Crippen LogP contribution in [-0.2, 0) is 0 Å². The van der Waals surface area contributed by atoms with Crippen LogP contribution in [0.15, 0.2) is 70.8 Å². The van der Waals surface area contributed by atoms with E-state index < -0.39 is 0 Å². The zero-order chi connectivity index (χ0) is 16.1. The lowest BCUT2D eigenvalue weighted by molar-refractivity contribution is 0.414. The number of nitrogens with one attached hydrogen (secondary N) is 1. The van der Waals surface area contributed by atoms with Crippen LogP contribution in [0.25, 0.3) is 5.69 Å². The Morgan fingerprint density at radius 1 is 1.22 bits per heavy atom. The Bertz CT molecular complexity index is 798. The van der Waals surface area contributed by atoms with E-state index in [9.17, 15) is 0 Å². The van der Waals surface area contributed by atoms with E-state index in [2.05, 4.69) is 31.4 Å². The summed E-state index contributed by atoms with van der Waals surface area (Å²) in [4.78, 5) is 4.04. The number of anilines is 1. The number of hydrogen-bond donors (Lipinski definition) is 1. The van der Waals surface area contributed by atoms with Gasteiger partial charge in [-0.05, 0) is 48.0 Å². The van der Waals surface area contributed by atoms with Crippen molar-refractivity contribution in [2.24, 2.45) is 5.10 Å². The van der Waals surface area contributed by atoms with Gasteiger partial charge >= 0.3 is 0 Å². The molecule has 0 aliphatic heterocycles. The fourth-order valence-electron chi connectivity index (χ4n) is 2.08. The number of aromatic nitrogens is 2. The van der Waals surface area contributed by atoms with Crippen molar-refractivity contribution in [3.63, 3.8) is 0 Å². The summed E-state index contributed by atoms with van der Waals surface area (Å²) in [5.74, 6) is 0.783. The molecule has 3 rings (SSSR count). The van der Waals surface area contributed by atoms with Gasteiger partial charge in [-0.2, -0.15) is 5.10 Å². The second kappa shape index (κ2) is 7.11. The Morgan fingerprint density at radius 2 is 2.04 bits per heavy atom. The molecule has 0 unspecified atom stereocenters. The second-order valence-electron chi connectivity index (χ2n) is 4.81. The normalized spacial score (nSPS) is 10.9. The van der Waals surface area contributed by atoms with E-state index >= 15 is 0 Å². The molecule has 0 saturated carbocycles. The molecule has 1 heterocycles. The van der Waals surface area contributed by atoms with Gasteiger partial charge in [0, 0.05) is 22.6 Å². The van der Waals surface area contributed by atoms with E-state index in [1.807, 2.05) is 53.2 Å². The third-order valence-corrected chi connectivity index (χ3v) is 3.66. The molecule has 0 atom stereocenters. The first kappa shape index (κ1) is 15.3. The summed E-state index contributed by atoms with van der Waals surface area (Å²) in [5.41, 5.74) is 5.91. The summed E-state index contributed by atoms with van der Waals surface area (Å²) < 4.78 is 8.12. The molecule has 0 saturated heterocycles. The Balaban J connectivity index is 1.67. The lowest BCUT2D eigenvalue weighted by atomic mass is 10.2. The largest absolute Gasteiger partial charge is 0.497 e. The molecule has 3 aromatic rings. The van der Waals surface area contributed by atoms with Gasteiger partial charge < -0.3 is 9.30 Å². The van der Waals surface area contributed by atoms with Crippen molar-refractivity contribution in [2.45, 2.75) is 0 Å². The molecule has 2 aromatic carbocycles. The predicted molar refractivity (Wildman–Crippen MR) is 95.5 cm³/mol. The summed E-state index contributed by atoms with van der Waals surface area (Å²) in [7, 11) is 1.64. The van der Waals surface area contributed by atoms with Crippen LogP contribution >= 0.6 is 15.9 Å².